The van der Waals surface area contributed by atoms with Gasteiger partial charge >= 0.3 is 0 Å². The zero-order chi connectivity index (χ0) is 16.7. The molecule has 0 bridgehead atoms. The lowest BCUT2D eigenvalue weighted by molar-refractivity contribution is -0.130. The summed E-state index contributed by atoms with van der Waals surface area (Å²) in [6.45, 7) is 1.80. The first kappa shape index (κ1) is 14.9. The highest BCUT2D eigenvalue weighted by molar-refractivity contribution is 5.98. The van der Waals surface area contributed by atoms with Crippen LogP contribution < -0.4 is 4.90 Å². The number of hydrogen-bond donors (Lipinski definition) is 0. The van der Waals surface area contributed by atoms with Gasteiger partial charge in [0.2, 0.25) is 11.8 Å². The van der Waals surface area contributed by atoms with Crippen molar-refractivity contribution in [2.45, 2.75) is 6.42 Å². The number of aryl methyl sites for hydroxylation is 1. The van der Waals surface area contributed by atoms with E-state index in [0.29, 0.717) is 26.1 Å². The molecule has 0 radical (unpaired) electrons. The van der Waals surface area contributed by atoms with Crippen LogP contribution in [0.4, 0.5) is 5.69 Å². The van der Waals surface area contributed by atoms with Crippen molar-refractivity contribution in [1.29, 1.82) is 0 Å². The van der Waals surface area contributed by atoms with Gasteiger partial charge in [0, 0.05) is 50.7 Å². The summed E-state index contributed by atoms with van der Waals surface area (Å²) in [7, 11) is 1.84. The Morgan fingerprint density at radius 2 is 2.17 bits per heavy atom. The standard InChI is InChI=1S/C17H19N5O2/c1-20-10-14(7-19-20)22-9-12-8-21(11-15(12)17(22)24)16(23)6-13-4-2-3-5-18-13/h2-5,7,10,12,15H,6,8-9,11H2,1H3/t12-,15-/m1/s1. The van der Waals surface area contributed by atoms with Crippen molar-refractivity contribution in [2.75, 3.05) is 24.5 Å². The molecule has 0 N–H and O–H groups in total. The van der Waals surface area contributed by atoms with Crippen LogP contribution in [0.1, 0.15) is 5.69 Å². The summed E-state index contributed by atoms with van der Waals surface area (Å²) in [4.78, 5) is 32.9. The van der Waals surface area contributed by atoms with Gasteiger partial charge in [-0.25, -0.2) is 0 Å². The van der Waals surface area contributed by atoms with Crippen LogP contribution in [0.25, 0.3) is 0 Å². The largest absolute Gasteiger partial charge is 0.341 e. The average Bonchev–Trinajstić information content (AvgIpc) is 3.25. The van der Waals surface area contributed by atoms with Gasteiger partial charge in [0.25, 0.3) is 0 Å². The lowest BCUT2D eigenvalue weighted by Crippen LogP contribution is -2.36. The number of hydrogen-bond acceptors (Lipinski definition) is 4. The maximum Gasteiger partial charge on any atom is 0.232 e. The fraction of sp³-hybridized carbons (Fsp3) is 0.412. The van der Waals surface area contributed by atoms with Crippen molar-refractivity contribution in [3.8, 4) is 0 Å². The van der Waals surface area contributed by atoms with Crippen LogP contribution in [0.3, 0.4) is 0 Å². The van der Waals surface area contributed by atoms with Crippen LogP contribution in [0.15, 0.2) is 36.8 Å². The molecule has 2 aliphatic heterocycles. The molecule has 2 aliphatic rings. The quantitative estimate of drug-likeness (QED) is 0.823. The van der Waals surface area contributed by atoms with Gasteiger partial charge in [-0.1, -0.05) is 6.07 Å². The minimum absolute atomic E-state index is 0.0452. The Balaban J connectivity index is 1.41. The molecule has 2 fully saturated rings. The predicted molar refractivity (Wildman–Crippen MR) is 87.1 cm³/mol. The van der Waals surface area contributed by atoms with Crippen molar-refractivity contribution in [1.82, 2.24) is 19.7 Å². The Kier molecular flexibility index (Phi) is 3.55. The van der Waals surface area contributed by atoms with E-state index in [-0.39, 0.29) is 23.7 Å². The molecule has 0 aromatic carbocycles. The van der Waals surface area contributed by atoms with Gasteiger partial charge in [0.15, 0.2) is 0 Å². The molecular weight excluding hydrogens is 306 g/mol. The molecule has 0 unspecified atom stereocenters. The number of amides is 2. The van der Waals surface area contributed by atoms with E-state index in [1.54, 1.807) is 22.0 Å². The van der Waals surface area contributed by atoms with Crippen molar-refractivity contribution in [3.05, 3.63) is 42.5 Å². The number of nitrogens with zero attached hydrogens (tertiary/aromatic N) is 5. The van der Waals surface area contributed by atoms with Crippen LogP contribution in [0, 0.1) is 11.8 Å². The molecule has 7 nitrogen and oxygen atoms in total. The van der Waals surface area contributed by atoms with E-state index in [1.807, 2.05) is 36.3 Å². The van der Waals surface area contributed by atoms with Crippen molar-refractivity contribution < 1.29 is 9.59 Å². The molecule has 2 saturated heterocycles. The predicted octanol–water partition coefficient (Wildman–Crippen LogP) is 0.479. The summed E-state index contributed by atoms with van der Waals surface area (Å²) in [6, 6.07) is 5.56. The lowest BCUT2D eigenvalue weighted by Gasteiger charge is -2.20. The second kappa shape index (κ2) is 5.74. The summed E-state index contributed by atoms with van der Waals surface area (Å²) in [5.74, 6) is 0.244. The first-order valence-corrected chi connectivity index (χ1v) is 8.09. The van der Waals surface area contributed by atoms with Gasteiger partial charge in [0.05, 0.1) is 24.2 Å². The number of rotatable bonds is 3. The molecule has 4 rings (SSSR count). The molecule has 2 amide bonds. The van der Waals surface area contributed by atoms with Crippen LogP contribution in [-0.4, -0.2) is 51.1 Å². The van der Waals surface area contributed by atoms with Gasteiger partial charge < -0.3 is 9.80 Å². The minimum Gasteiger partial charge on any atom is -0.341 e. The van der Waals surface area contributed by atoms with Gasteiger partial charge in [-0.3, -0.25) is 19.3 Å². The molecule has 2 aromatic heterocycles. The van der Waals surface area contributed by atoms with Gasteiger partial charge in [-0.2, -0.15) is 5.10 Å². The van der Waals surface area contributed by atoms with Crippen molar-refractivity contribution >= 4 is 17.5 Å². The highest BCUT2D eigenvalue weighted by atomic mass is 16.2. The van der Waals surface area contributed by atoms with E-state index in [4.69, 9.17) is 0 Å². The number of likely N-dealkylation sites (tertiary alicyclic amines) is 1. The summed E-state index contributed by atoms with van der Waals surface area (Å²) in [5, 5.41) is 4.13. The van der Waals surface area contributed by atoms with E-state index in [2.05, 4.69) is 10.1 Å². The summed E-state index contributed by atoms with van der Waals surface area (Å²) in [6.07, 6.45) is 5.54. The van der Waals surface area contributed by atoms with E-state index in [9.17, 15) is 9.59 Å². The Morgan fingerprint density at radius 3 is 2.83 bits per heavy atom. The second-order valence-corrected chi connectivity index (χ2v) is 6.48. The fourth-order valence-electron chi connectivity index (χ4n) is 3.61. The first-order valence-electron chi connectivity index (χ1n) is 8.09. The van der Waals surface area contributed by atoms with Crippen molar-refractivity contribution in [2.24, 2.45) is 18.9 Å². The molecule has 124 valence electrons. The van der Waals surface area contributed by atoms with Gasteiger partial charge in [0.1, 0.15) is 0 Å². The Hall–Kier alpha value is -2.70. The topological polar surface area (TPSA) is 71.3 Å². The smallest absolute Gasteiger partial charge is 0.232 e. The maximum atomic E-state index is 12.7. The Morgan fingerprint density at radius 1 is 1.29 bits per heavy atom. The number of fused-ring (bicyclic) bond motifs is 1. The number of anilines is 1. The zero-order valence-corrected chi connectivity index (χ0v) is 13.5. The van der Waals surface area contributed by atoms with Crippen LogP contribution in [0.2, 0.25) is 0 Å². The third-order valence-electron chi connectivity index (χ3n) is 4.86. The lowest BCUT2D eigenvalue weighted by atomic mass is 10.0. The molecular formula is C17H19N5O2. The van der Waals surface area contributed by atoms with Gasteiger partial charge in [-0.05, 0) is 12.1 Å². The Bertz CT molecular complexity index is 772. The first-order chi connectivity index (χ1) is 11.6. The van der Waals surface area contributed by atoms with Gasteiger partial charge in [-0.15, -0.1) is 0 Å². The van der Waals surface area contributed by atoms with Crippen LogP contribution >= 0.6 is 0 Å². The molecule has 2 aromatic rings. The normalized spacial score (nSPS) is 23.0. The third kappa shape index (κ3) is 2.55. The zero-order valence-electron chi connectivity index (χ0n) is 13.5. The molecule has 4 heterocycles. The number of carbonyl (C=O) groups excluding carboxylic acids is 2. The van der Waals surface area contributed by atoms with Crippen LogP contribution in [-0.2, 0) is 23.1 Å². The highest BCUT2D eigenvalue weighted by Gasteiger charge is 2.47. The average molecular weight is 325 g/mol. The SMILES string of the molecule is Cn1cc(N2C[C@H]3CN(C(=O)Cc4ccccn4)C[C@H]3C2=O)cn1. The number of pyridine rings is 1. The summed E-state index contributed by atoms with van der Waals surface area (Å²) < 4.78 is 1.69. The van der Waals surface area contributed by atoms with E-state index >= 15 is 0 Å². The van der Waals surface area contributed by atoms with Crippen molar-refractivity contribution in [3.63, 3.8) is 0 Å². The third-order valence-corrected chi connectivity index (χ3v) is 4.86. The molecule has 24 heavy (non-hydrogen) atoms. The number of aromatic nitrogens is 3. The van der Waals surface area contributed by atoms with E-state index < -0.39 is 0 Å². The maximum absolute atomic E-state index is 12.7. The van der Waals surface area contributed by atoms with Crippen LogP contribution in [0.5, 0.6) is 0 Å². The fourth-order valence-corrected chi connectivity index (χ4v) is 3.61. The number of carbonyl (C=O) groups is 2. The minimum atomic E-state index is -0.0992. The highest BCUT2D eigenvalue weighted by Crippen LogP contribution is 2.35. The molecule has 2 atom stereocenters. The summed E-state index contributed by atoms with van der Waals surface area (Å²) >= 11 is 0. The summed E-state index contributed by atoms with van der Waals surface area (Å²) in [5.41, 5.74) is 1.60. The van der Waals surface area contributed by atoms with E-state index in [1.165, 1.54) is 0 Å². The molecule has 0 saturated carbocycles. The molecule has 7 heteroatoms. The second-order valence-electron chi connectivity index (χ2n) is 6.48. The molecule has 0 aliphatic carbocycles. The Labute approximate surface area is 139 Å². The molecule has 0 spiro atoms. The monoisotopic (exact) mass is 325 g/mol. The van der Waals surface area contributed by atoms with E-state index in [0.717, 1.165) is 11.4 Å².